The summed E-state index contributed by atoms with van der Waals surface area (Å²) in [5.74, 6) is -0.252. The Balaban J connectivity index is 2.40. The fourth-order valence-electron chi connectivity index (χ4n) is 1.47. The smallest absolute Gasteiger partial charge is 0.320 e. The minimum absolute atomic E-state index is 0.252. The molecular weight excluding hydrogens is 282 g/mol. The molecule has 1 unspecified atom stereocenters. The van der Waals surface area contributed by atoms with Crippen LogP contribution < -0.4 is 5.32 Å². The molecule has 94 valence electrons. The number of rotatable bonds is 5. The first kappa shape index (κ1) is 14.2. The minimum Gasteiger partial charge on any atom is -0.468 e. The minimum atomic E-state index is -0.293. The average molecular weight is 300 g/mol. The molecule has 1 aromatic rings. The standard InChI is InChI=1S/C13H18BrNO2/c1-9-4-5-11(6-10(9)2)7-15-8-12(14)13(16)17-3/h4-6,12,15H,7-8H2,1-3H3. The maximum atomic E-state index is 11.1. The second-order valence-electron chi connectivity index (χ2n) is 4.04. The first-order valence-corrected chi connectivity index (χ1v) is 6.45. The fourth-order valence-corrected chi connectivity index (χ4v) is 1.88. The summed E-state index contributed by atoms with van der Waals surface area (Å²) in [6.07, 6.45) is 0. The highest BCUT2D eigenvalue weighted by Gasteiger charge is 2.13. The zero-order valence-electron chi connectivity index (χ0n) is 10.4. The SMILES string of the molecule is COC(=O)C(Br)CNCc1ccc(C)c(C)c1. The lowest BCUT2D eigenvalue weighted by molar-refractivity contribution is -0.139. The molecule has 0 bridgehead atoms. The van der Waals surface area contributed by atoms with Crippen LogP contribution in [0.4, 0.5) is 0 Å². The lowest BCUT2D eigenvalue weighted by Gasteiger charge is -2.10. The topological polar surface area (TPSA) is 38.3 Å². The van der Waals surface area contributed by atoms with Crippen molar-refractivity contribution in [2.75, 3.05) is 13.7 Å². The van der Waals surface area contributed by atoms with Gasteiger partial charge in [0.2, 0.25) is 0 Å². The Morgan fingerprint density at radius 3 is 2.71 bits per heavy atom. The van der Waals surface area contributed by atoms with E-state index in [1.807, 2.05) is 0 Å². The van der Waals surface area contributed by atoms with E-state index in [-0.39, 0.29) is 10.8 Å². The van der Waals surface area contributed by atoms with E-state index < -0.39 is 0 Å². The van der Waals surface area contributed by atoms with Crippen LogP contribution in [-0.4, -0.2) is 24.5 Å². The summed E-state index contributed by atoms with van der Waals surface area (Å²) in [7, 11) is 1.39. The number of alkyl halides is 1. The molecule has 1 aromatic carbocycles. The van der Waals surface area contributed by atoms with Gasteiger partial charge in [-0.25, -0.2) is 0 Å². The van der Waals surface area contributed by atoms with E-state index in [0.717, 1.165) is 6.54 Å². The summed E-state index contributed by atoms with van der Waals surface area (Å²) in [5, 5.41) is 3.22. The molecule has 0 amide bonds. The van der Waals surface area contributed by atoms with Crippen LogP contribution in [0, 0.1) is 13.8 Å². The van der Waals surface area contributed by atoms with Crippen molar-refractivity contribution in [2.24, 2.45) is 0 Å². The Morgan fingerprint density at radius 1 is 1.41 bits per heavy atom. The van der Waals surface area contributed by atoms with Crippen molar-refractivity contribution in [2.45, 2.75) is 25.2 Å². The number of ether oxygens (including phenoxy) is 1. The quantitative estimate of drug-likeness (QED) is 0.670. The lowest BCUT2D eigenvalue weighted by atomic mass is 10.1. The monoisotopic (exact) mass is 299 g/mol. The van der Waals surface area contributed by atoms with Crippen molar-refractivity contribution >= 4 is 21.9 Å². The van der Waals surface area contributed by atoms with Crippen LogP contribution in [0.25, 0.3) is 0 Å². The average Bonchev–Trinajstić information content (AvgIpc) is 2.32. The van der Waals surface area contributed by atoms with Crippen molar-refractivity contribution in [3.63, 3.8) is 0 Å². The first-order valence-electron chi connectivity index (χ1n) is 5.53. The highest BCUT2D eigenvalue weighted by atomic mass is 79.9. The maximum absolute atomic E-state index is 11.1. The maximum Gasteiger partial charge on any atom is 0.320 e. The van der Waals surface area contributed by atoms with E-state index in [9.17, 15) is 4.79 Å². The summed E-state index contributed by atoms with van der Waals surface area (Å²) in [5.41, 5.74) is 3.80. The van der Waals surface area contributed by atoms with Gasteiger partial charge >= 0.3 is 5.97 Å². The third-order valence-electron chi connectivity index (χ3n) is 2.68. The molecule has 0 aliphatic heterocycles. The molecule has 3 nitrogen and oxygen atoms in total. The van der Waals surface area contributed by atoms with E-state index in [1.54, 1.807) is 0 Å². The van der Waals surface area contributed by atoms with E-state index in [0.29, 0.717) is 6.54 Å². The number of aryl methyl sites for hydroxylation is 2. The van der Waals surface area contributed by atoms with Gasteiger partial charge in [-0.1, -0.05) is 34.1 Å². The zero-order valence-corrected chi connectivity index (χ0v) is 12.0. The summed E-state index contributed by atoms with van der Waals surface area (Å²) >= 11 is 3.27. The Morgan fingerprint density at radius 2 is 2.12 bits per heavy atom. The molecule has 0 aliphatic carbocycles. The van der Waals surface area contributed by atoms with Crippen LogP contribution in [0.15, 0.2) is 18.2 Å². The molecule has 0 radical (unpaired) electrons. The van der Waals surface area contributed by atoms with E-state index in [2.05, 4.69) is 58.0 Å². The van der Waals surface area contributed by atoms with Crippen molar-refractivity contribution in [3.8, 4) is 0 Å². The third-order valence-corrected chi connectivity index (χ3v) is 3.38. The summed E-state index contributed by atoms with van der Waals surface area (Å²) in [4.78, 5) is 10.9. The van der Waals surface area contributed by atoms with Crippen molar-refractivity contribution in [3.05, 3.63) is 34.9 Å². The van der Waals surface area contributed by atoms with Gasteiger partial charge in [0.1, 0.15) is 4.83 Å². The molecule has 1 N–H and O–H groups in total. The van der Waals surface area contributed by atoms with Gasteiger partial charge in [-0.15, -0.1) is 0 Å². The third kappa shape index (κ3) is 4.48. The fraction of sp³-hybridized carbons (Fsp3) is 0.462. The largest absolute Gasteiger partial charge is 0.468 e. The predicted octanol–water partition coefficient (Wildman–Crippen LogP) is 2.33. The van der Waals surface area contributed by atoms with Gasteiger partial charge in [0.15, 0.2) is 0 Å². The molecule has 0 aromatic heterocycles. The van der Waals surface area contributed by atoms with E-state index >= 15 is 0 Å². The number of benzene rings is 1. The van der Waals surface area contributed by atoms with Gasteiger partial charge in [-0.2, -0.15) is 0 Å². The predicted molar refractivity (Wildman–Crippen MR) is 72.4 cm³/mol. The molecule has 0 spiro atoms. The number of esters is 1. The van der Waals surface area contributed by atoms with E-state index in [1.165, 1.54) is 23.8 Å². The molecule has 0 saturated carbocycles. The Bertz CT molecular complexity index is 393. The summed E-state index contributed by atoms with van der Waals surface area (Å²) in [6.45, 7) is 5.50. The molecule has 0 fully saturated rings. The van der Waals surface area contributed by atoms with Gasteiger partial charge in [-0.3, -0.25) is 4.79 Å². The molecule has 0 heterocycles. The van der Waals surface area contributed by atoms with Crippen LogP contribution in [0.2, 0.25) is 0 Å². The number of halogens is 1. The molecular formula is C13H18BrNO2. The van der Waals surface area contributed by atoms with Gasteiger partial charge in [0.25, 0.3) is 0 Å². The van der Waals surface area contributed by atoms with Crippen molar-refractivity contribution in [1.82, 2.24) is 5.32 Å². The number of methoxy groups -OCH3 is 1. The molecule has 4 heteroatoms. The number of nitrogens with one attached hydrogen (secondary N) is 1. The van der Waals surface area contributed by atoms with Gasteiger partial charge in [-0.05, 0) is 30.5 Å². The van der Waals surface area contributed by atoms with Gasteiger partial charge in [0.05, 0.1) is 7.11 Å². The van der Waals surface area contributed by atoms with Crippen LogP contribution in [0.3, 0.4) is 0 Å². The molecule has 0 saturated heterocycles. The van der Waals surface area contributed by atoms with E-state index in [4.69, 9.17) is 0 Å². The molecule has 1 rings (SSSR count). The second-order valence-corrected chi connectivity index (χ2v) is 5.15. The highest BCUT2D eigenvalue weighted by molar-refractivity contribution is 9.10. The Hall–Kier alpha value is -0.870. The van der Waals surface area contributed by atoms with Crippen molar-refractivity contribution < 1.29 is 9.53 Å². The van der Waals surface area contributed by atoms with Gasteiger partial charge in [0, 0.05) is 13.1 Å². The number of hydrogen-bond donors (Lipinski definition) is 1. The highest BCUT2D eigenvalue weighted by Crippen LogP contribution is 2.09. The van der Waals surface area contributed by atoms with Crippen LogP contribution >= 0.6 is 15.9 Å². The molecule has 0 aliphatic rings. The van der Waals surface area contributed by atoms with Crippen LogP contribution in [-0.2, 0) is 16.1 Å². The van der Waals surface area contributed by atoms with Crippen molar-refractivity contribution in [1.29, 1.82) is 0 Å². The summed E-state index contributed by atoms with van der Waals surface area (Å²) in [6, 6.07) is 6.36. The molecule has 1 atom stereocenters. The second kappa shape index (κ2) is 6.77. The van der Waals surface area contributed by atoms with Crippen LogP contribution in [0.5, 0.6) is 0 Å². The number of carbonyl (C=O) groups is 1. The summed E-state index contributed by atoms with van der Waals surface area (Å²) < 4.78 is 4.62. The normalized spacial score (nSPS) is 12.2. The molecule has 17 heavy (non-hydrogen) atoms. The number of hydrogen-bond acceptors (Lipinski definition) is 3. The van der Waals surface area contributed by atoms with Crippen LogP contribution in [0.1, 0.15) is 16.7 Å². The van der Waals surface area contributed by atoms with Gasteiger partial charge < -0.3 is 10.1 Å². The Labute approximate surface area is 111 Å². The number of carbonyl (C=O) groups excluding carboxylic acids is 1. The zero-order chi connectivity index (χ0) is 12.8. The Kier molecular flexibility index (Phi) is 5.65. The first-order chi connectivity index (χ1) is 8.04. The lowest BCUT2D eigenvalue weighted by Crippen LogP contribution is -2.29.